The molecule has 1 aromatic heterocycles. The summed E-state index contributed by atoms with van der Waals surface area (Å²) in [4.78, 5) is 47.2. The van der Waals surface area contributed by atoms with Gasteiger partial charge in [-0.15, -0.1) is 0 Å². The Bertz CT molecular complexity index is 1220. The fourth-order valence-electron chi connectivity index (χ4n) is 2.63. The average Bonchev–Trinajstić information content (AvgIpc) is 2.72. The lowest BCUT2D eigenvalue weighted by atomic mass is 10.2. The Kier molecular flexibility index (Phi) is 5.63. The second-order valence-corrected chi connectivity index (χ2v) is 6.04. The van der Waals surface area contributed by atoms with E-state index in [4.69, 9.17) is 0 Å². The molecule has 2 aromatic carbocycles. The average molecular weight is 411 g/mol. The van der Waals surface area contributed by atoms with Crippen LogP contribution in [0.25, 0.3) is 5.69 Å². The molecule has 0 aliphatic carbocycles. The number of nitro groups is 1. The minimum atomic E-state index is -1.07. The Morgan fingerprint density at radius 2 is 1.70 bits per heavy atom. The van der Waals surface area contributed by atoms with Crippen LogP contribution in [-0.4, -0.2) is 26.5 Å². The van der Waals surface area contributed by atoms with Crippen molar-refractivity contribution < 1.29 is 18.9 Å². The lowest BCUT2D eigenvalue weighted by Gasteiger charge is -2.12. The van der Waals surface area contributed by atoms with Gasteiger partial charge in [-0.1, -0.05) is 24.3 Å². The number of nitro benzene ring substituents is 1. The number of amides is 2. The van der Waals surface area contributed by atoms with Crippen molar-refractivity contribution in [2.75, 3.05) is 0 Å². The fraction of sp³-hybridized carbons (Fsp3) is 0.0526. The molecule has 2 amide bonds. The van der Waals surface area contributed by atoms with Crippen LogP contribution in [0.15, 0.2) is 59.4 Å². The number of carbonyl (C=O) groups is 2. The number of hydrogen-bond acceptors (Lipinski definition) is 6. The van der Waals surface area contributed by atoms with Gasteiger partial charge >= 0.3 is 0 Å². The Labute approximate surface area is 168 Å². The lowest BCUT2D eigenvalue weighted by Crippen LogP contribution is -2.44. The van der Waals surface area contributed by atoms with Gasteiger partial charge in [0.25, 0.3) is 17.5 Å². The van der Waals surface area contributed by atoms with Crippen LogP contribution in [0.3, 0.4) is 0 Å². The van der Waals surface area contributed by atoms with Crippen LogP contribution in [0.2, 0.25) is 0 Å². The van der Waals surface area contributed by atoms with Crippen molar-refractivity contribution in [3.05, 3.63) is 97.7 Å². The fourth-order valence-corrected chi connectivity index (χ4v) is 2.63. The van der Waals surface area contributed by atoms with E-state index in [1.807, 2.05) is 10.9 Å². The van der Waals surface area contributed by atoms with Crippen molar-refractivity contribution >= 4 is 17.5 Å². The number of nitrogens with zero attached hydrogens (tertiary/aromatic N) is 3. The van der Waals surface area contributed by atoms with E-state index in [9.17, 15) is 28.9 Å². The quantitative estimate of drug-likeness (QED) is 0.495. The molecule has 1 heterocycles. The van der Waals surface area contributed by atoms with E-state index in [1.165, 1.54) is 49.4 Å². The largest absolute Gasteiger partial charge is 0.294 e. The monoisotopic (exact) mass is 411 g/mol. The molecule has 0 saturated carbocycles. The number of rotatable bonds is 4. The van der Waals surface area contributed by atoms with E-state index < -0.39 is 33.7 Å². The Balaban J connectivity index is 1.90. The van der Waals surface area contributed by atoms with Gasteiger partial charge in [0.05, 0.1) is 10.5 Å². The standard InChI is InChI=1S/C19H14FN5O5/c1-11-10-16(26)17(23-24(11)14-8-4-5-9-15(14)25(29)30)19(28)22-21-18(27)12-6-2-3-7-13(12)20/h2-10H,1H3,(H,21,27)(H,22,28). The zero-order valence-corrected chi connectivity index (χ0v) is 15.5. The summed E-state index contributed by atoms with van der Waals surface area (Å²) in [5.74, 6) is -2.80. The minimum absolute atomic E-state index is 0.0458. The molecule has 10 nitrogen and oxygen atoms in total. The molecule has 0 bridgehead atoms. The number of halogens is 1. The molecular formula is C19H14FN5O5. The van der Waals surface area contributed by atoms with Crippen LogP contribution in [0.5, 0.6) is 0 Å². The van der Waals surface area contributed by atoms with Gasteiger partial charge in [-0.3, -0.25) is 35.3 Å². The first-order chi connectivity index (χ1) is 14.3. The van der Waals surface area contributed by atoms with Crippen molar-refractivity contribution in [2.24, 2.45) is 0 Å². The number of hydrogen-bond donors (Lipinski definition) is 2. The Morgan fingerprint density at radius 3 is 2.40 bits per heavy atom. The van der Waals surface area contributed by atoms with Gasteiger partial charge in [0, 0.05) is 17.8 Å². The highest BCUT2D eigenvalue weighted by molar-refractivity contribution is 5.98. The van der Waals surface area contributed by atoms with Crippen molar-refractivity contribution in [1.82, 2.24) is 20.6 Å². The zero-order chi connectivity index (χ0) is 21.8. The second-order valence-electron chi connectivity index (χ2n) is 6.04. The summed E-state index contributed by atoms with van der Waals surface area (Å²) in [6, 6.07) is 11.9. The van der Waals surface area contributed by atoms with Gasteiger partial charge in [-0.25, -0.2) is 9.07 Å². The summed E-state index contributed by atoms with van der Waals surface area (Å²) in [7, 11) is 0. The maximum atomic E-state index is 13.6. The number of benzene rings is 2. The number of hydrazine groups is 1. The van der Waals surface area contributed by atoms with Crippen molar-refractivity contribution in [3.63, 3.8) is 0 Å². The normalized spacial score (nSPS) is 10.3. The molecule has 0 saturated heterocycles. The smallest absolute Gasteiger partial charge is 0.287 e. The summed E-state index contributed by atoms with van der Waals surface area (Å²) in [5.41, 5.74) is 2.30. The third-order valence-corrected chi connectivity index (χ3v) is 4.04. The first kappa shape index (κ1) is 20.3. The van der Waals surface area contributed by atoms with Crippen molar-refractivity contribution in [1.29, 1.82) is 0 Å². The second kappa shape index (κ2) is 8.31. The van der Waals surface area contributed by atoms with Gasteiger partial charge < -0.3 is 0 Å². The zero-order valence-electron chi connectivity index (χ0n) is 15.5. The topological polar surface area (TPSA) is 136 Å². The van der Waals surface area contributed by atoms with Crippen molar-refractivity contribution in [3.8, 4) is 5.69 Å². The van der Waals surface area contributed by atoms with Crippen LogP contribution in [-0.2, 0) is 0 Å². The van der Waals surface area contributed by atoms with E-state index >= 15 is 0 Å². The number of aromatic nitrogens is 2. The van der Waals surface area contributed by atoms with Gasteiger partial charge in [0.1, 0.15) is 11.5 Å². The number of para-hydroxylation sites is 2. The van der Waals surface area contributed by atoms with Gasteiger partial charge in [-0.2, -0.15) is 5.10 Å². The third-order valence-electron chi connectivity index (χ3n) is 4.04. The van der Waals surface area contributed by atoms with E-state index in [0.29, 0.717) is 0 Å². The molecule has 30 heavy (non-hydrogen) atoms. The highest BCUT2D eigenvalue weighted by atomic mass is 19.1. The maximum Gasteiger partial charge on any atom is 0.294 e. The van der Waals surface area contributed by atoms with E-state index in [1.54, 1.807) is 0 Å². The van der Waals surface area contributed by atoms with E-state index in [-0.39, 0.29) is 22.6 Å². The molecule has 0 fully saturated rings. The number of carbonyl (C=O) groups excluding carboxylic acids is 2. The summed E-state index contributed by atoms with van der Waals surface area (Å²) in [6.45, 7) is 1.49. The summed E-state index contributed by atoms with van der Waals surface area (Å²) in [5, 5.41) is 15.2. The summed E-state index contributed by atoms with van der Waals surface area (Å²) >= 11 is 0. The van der Waals surface area contributed by atoms with E-state index in [2.05, 4.69) is 5.10 Å². The molecular weight excluding hydrogens is 397 g/mol. The molecule has 11 heteroatoms. The molecule has 3 aromatic rings. The summed E-state index contributed by atoms with van der Waals surface area (Å²) in [6.07, 6.45) is 0. The van der Waals surface area contributed by atoms with Gasteiger partial charge in [0.2, 0.25) is 5.43 Å². The Hall–Kier alpha value is -4.41. The minimum Gasteiger partial charge on any atom is -0.287 e. The van der Waals surface area contributed by atoms with Crippen LogP contribution in [0.1, 0.15) is 26.5 Å². The molecule has 2 N–H and O–H groups in total. The van der Waals surface area contributed by atoms with Gasteiger partial charge in [-0.05, 0) is 25.1 Å². The molecule has 0 radical (unpaired) electrons. The lowest BCUT2D eigenvalue weighted by molar-refractivity contribution is -0.384. The third kappa shape index (κ3) is 4.04. The predicted molar refractivity (Wildman–Crippen MR) is 103 cm³/mol. The molecule has 0 atom stereocenters. The maximum absolute atomic E-state index is 13.6. The van der Waals surface area contributed by atoms with Gasteiger partial charge in [0.15, 0.2) is 5.69 Å². The number of aryl methyl sites for hydroxylation is 1. The highest BCUT2D eigenvalue weighted by Crippen LogP contribution is 2.22. The van der Waals surface area contributed by atoms with Crippen LogP contribution in [0.4, 0.5) is 10.1 Å². The van der Waals surface area contributed by atoms with Crippen LogP contribution in [0, 0.1) is 22.9 Å². The molecule has 3 rings (SSSR count). The van der Waals surface area contributed by atoms with E-state index in [0.717, 1.165) is 16.8 Å². The first-order valence-corrected chi connectivity index (χ1v) is 8.49. The molecule has 0 spiro atoms. The highest BCUT2D eigenvalue weighted by Gasteiger charge is 2.21. The van der Waals surface area contributed by atoms with Crippen LogP contribution >= 0.6 is 0 Å². The molecule has 0 aliphatic heterocycles. The molecule has 152 valence electrons. The first-order valence-electron chi connectivity index (χ1n) is 8.49. The SMILES string of the molecule is Cc1cc(=O)c(C(=O)NNC(=O)c2ccccc2F)nn1-c1ccccc1[N+](=O)[O-]. The molecule has 0 aliphatic rings. The van der Waals surface area contributed by atoms with Crippen molar-refractivity contribution in [2.45, 2.75) is 6.92 Å². The van der Waals surface area contributed by atoms with Crippen LogP contribution < -0.4 is 16.3 Å². The summed E-state index contributed by atoms with van der Waals surface area (Å²) < 4.78 is 14.7. The number of nitrogens with one attached hydrogen (secondary N) is 2. The predicted octanol–water partition coefficient (Wildman–Crippen LogP) is 1.66. The molecule has 0 unspecified atom stereocenters. The Morgan fingerprint density at radius 1 is 1.07 bits per heavy atom.